The number of benzene rings is 2. The largest absolute Gasteiger partial charge is 0.497 e. The zero-order valence-corrected chi connectivity index (χ0v) is 17.0. The lowest BCUT2D eigenvalue weighted by Gasteiger charge is -2.07. The molecule has 0 aliphatic heterocycles. The van der Waals surface area contributed by atoms with Crippen LogP contribution in [0.3, 0.4) is 0 Å². The maximum atomic E-state index is 12.4. The van der Waals surface area contributed by atoms with Crippen molar-refractivity contribution in [3.05, 3.63) is 48.0 Å². The summed E-state index contributed by atoms with van der Waals surface area (Å²) in [7, 11) is 3.15. The normalized spacial score (nSPS) is 10.4. The highest BCUT2D eigenvalue weighted by Crippen LogP contribution is 2.32. The Labute approximate surface area is 172 Å². The standard InChI is InChI=1S/C20H20N4O4S/c1-12(25)21-14-6-4-13(5-7-14)17(26)11-29-20-22-19(23-24-20)16-9-8-15(27-2)10-18(16)28-3/h4-10H,11H2,1-3H3,(H,21,25)(H,22,23,24). The predicted octanol–water partition coefficient (Wildman–Crippen LogP) is 3.42. The van der Waals surface area contributed by atoms with E-state index in [9.17, 15) is 9.59 Å². The Morgan fingerprint density at radius 2 is 1.86 bits per heavy atom. The van der Waals surface area contributed by atoms with Crippen molar-refractivity contribution in [1.82, 2.24) is 15.2 Å². The van der Waals surface area contributed by atoms with Gasteiger partial charge >= 0.3 is 0 Å². The van der Waals surface area contributed by atoms with Crippen LogP contribution in [0.5, 0.6) is 11.5 Å². The summed E-state index contributed by atoms with van der Waals surface area (Å²) in [6, 6.07) is 12.1. The number of carbonyl (C=O) groups is 2. The smallest absolute Gasteiger partial charge is 0.221 e. The summed E-state index contributed by atoms with van der Waals surface area (Å²) in [5.41, 5.74) is 1.94. The van der Waals surface area contributed by atoms with Crippen LogP contribution in [-0.4, -0.2) is 46.8 Å². The van der Waals surface area contributed by atoms with Crippen LogP contribution in [0.25, 0.3) is 11.4 Å². The number of Topliss-reactive ketones (excluding diaryl/α,β-unsaturated/α-hetero) is 1. The monoisotopic (exact) mass is 412 g/mol. The third-order valence-electron chi connectivity index (χ3n) is 3.99. The first-order chi connectivity index (χ1) is 14.0. The van der Waals surface area contributed by atoms with Gasteiger partial charge in [-0.05, 0) is 36.4 Å². The van der Waals surface area contributed by atoms with Crippen LogP contribution >= 0.6 is 11.8 Å². The number of amides is 1. The molecule has 2 aromatic carbocycles. The van der Waals surface area contributed by atoms with Crippen molar-refractivity contribution in [3.8, 4) is 22.9 Å². The SMILES string of the molecule is COc1ccc(-c2nc(SCC(=O)c3ccc(NC(C)=O)cc3)n[nH]2)c(OC)c1. The quantitative estimate of drug-likeness (QED) is 0.431. The molecular weight excluding hydrogens is 392 g/mol. The Bertz CT molecular complexity index is 1020. The maximum Gasteiger partial charge on any atom is 0.221 e. The molecule has 0 radical (unpaired) electrons. The zero-order valence-electron chi connectivity index (χ0n) is 16.2. The zero-order chi connectivity index (χ0) is 20.8. The molecule has 3 aromatic rings. The average molecular weight is 412 g/mol. The van der Waals surface area contributed by atoms with E-state index < -0.39 is 0 Å². The molecule has 1 heterocycles. The number of nitrogens with zero attached hydrogens (tertiary/aromatic N) is 2. The van der Waals surface area contributed by atoms with Gasteiger partial charge in [0.2, 0.25) is 11.1 Å². The summed E-state index contributed by atoms with van der Waals surface area (Å²) in [6.07, 6.45) is 0. The van der Waals surface area contributed by atoms with Gasteiger partial charge in [0, 0.05) is 24.2 Å². The van der Waals surface area contributed by atoms with Gasteiger partial charge in [-0.1, -0.05) is 11.8 Å². The fourth-order valence-electron chi connectivity index (χ4n) is 2.58. The molecule has 150 valence electrons. The third-order valence-corrected chi connectivity index (χ3v) is 4.84. The van der Waals surface area contributed by atoms with Crippen molar-refractivity contribution in [2.75, 3.05) is 25.3 Å². The number of aromatic nitrogens is 3. The lowest BCUT2D eigenvalue weighted by Crippen LogP contribution is -2.07. The Hall–Kier alpha value is -3.33. The summed E-state index contributed by atoms with van der Waals surface area (Å²) >= 11 is 1.24. The molecule has 2 N–H and O–H groups in total. The van der Waals surface area contributed by atoms with Gasteiger partial charge in [-0.2, -0.15) is 0 Å². The summed E-state index contributed by atoms with van der Waals surface area (Å²) in [6.45, 7) is 1.43. The summed E-state index contributed by atoms with van der Waals surface area (Å²) < 4.78 is 10.6. The van der Waals surface area contributed by atoms with Crippen molar-refractivity contribution >= 4 is 29.1 Å². The van der Waals surface area contributed by atoms with Crippen LogP contribution in [0.1, 0.15) is 17.3 Å². The number of ketones is 1. The molecular formula is C20H20N4O4S. The number of hydrogen-bond acceptors (Lipinski definition) is 7. The number of rotatable bonds is 8. The number of anilines is 1. The van der Waals surface area contributed by atoms with Crippen molar-refractivity contribution in [2.45, 2.75) is 12.1 Å². The molecule has 0 saturated carbocycles. The Kier molecular flexibility index (Phi) is 6.50. The number of thioether (sulfide) groups is 1. The van der Waals surface area contributed by atoms with E-state index >= 15 is 0 Å². The highest BCUT2D eigenvalue weighted by atomic mass is 32.2. The van der Waals surface area contributed by atoms with Gasteiger partial charge in [-0.15, -0.1) is 5.10 Å². The molecule has 0 atom stereocenters. The molecule has 1 amide bonds. The highest BCUT2D eigenvalue weighted by molar-refractivity contribution is 7.99. The second-order valence-electron chi connectivity index (χ2n) is 6.00. The van der Waals surface area contributed by atoms with Gasteiger partial charge < -0.3 is 14.8 Å². The molecule has 3 rings (SSSR count). The molecule has 29 heavy (non-hydrogen) atoms. The topological polar surface area (TPSA) is 106 Å². The van der Waals surface area contributed by atoms with Crippen LogP contribution in [0.4, 0.5) is 5.69 Å². The second kappa shape index (κ2) is 9.24. The Balaban J connectivity index is 1.65. The van der Waals surface area contributed by atoms with Gasteiger partial charge in [-0.3, -0.25) is 14.7 Å². The number of carbonyl (C=O) groups excluding carboxylic acids is 2. The van der Waals surface area contributed by atoms with E-state index in [0.717, 1.165) is 5.56 Å². The van der Waals surface area contributed by atoms with Crippen LogP contribution in [0, 0.1) is 0 Å². The summed E-state index contributed by atoms with van der Waals surface area (Å²) in [5.74, 6) is 1.80. The first-order valence-corrected chi connectivity index (χ1v) is 9.67. The molecule has 8 nitrogen and oxygen atoms in total. The van der Waals surface area contributed by atoms with E-state index in [-0.39, 0.29) is 17.4 Å². The molecule has 0 spiro atoms. The van der Waals surface area contributed by atoms with E-state index in [1.54, 1.807) is 50.6 Å². The summed E-state index contributed by atoms with van der Waals surface area (Å²) in [5, 5.41) is 10.2. The molecule has 9 heteroatoms. The Morgan fingerprint density at radius 1 is 1.10 bits per heavy atom. The summed E-state index contributed by atoms with van der Waals surface area (Å²) in [4.78, 5) is 27.9. The first-order valence-electron chi connectivity index (χ1n) is 8.68. The van der Waals surface area contributed by atoms with Crippen molar-refractivity contribution in [2.24, 2.45) is 0 Å². The highest BCUT2D eigenvalue weighted by Gasteiger charge is 2.14. The van der Waals surface area contributed by atoms with Gasteiger partial charge in [0.15, 0.2) is 11.6 Å². The van der Waals surface area contributed by atoms with Gasteiger partial charge in [0.05, 0.1) is 25.5 Å². The van der Waals surface area contributed by atoms with Gasteiger partial charge in [0.1, 0.15) is 11.5 Å². The number of hydrogen-bond donors (Lipinski definition) is 2. The van der Waals surface area contributed by atoms with Crippen molar-refractivity contribution < 1.29 is 19.1 Å². The van der Waals surface area contributed by atoms with E-state index in [4.69, 9.17) is 9.47 Å². The maximum absolute atomic E-state index is 12.4. The fraction of sp³-hybridized carbons (Fsp3) is 0.200. The minimum Gasteiger partial charge on any atom is -0.497 e. The number of nitrogens with one attached hydrogen (secondary N) is 2. The van der Waals surface area contributed by atoms with Gasteiger partial charge in [-0.25, -0.2) is 4.98 Å². The predicted molar refractivity (Wildman–Crippen MR) is 111 cm³/mol. The van der Waals surface area contributed by atoms with Crippen LogP contribution < -0.4 is 14.8 Å². The number of ether oxygens (including phenoxy) is 2. The molecule has 1 aromatic heterocycles. The molecule has 0 aliphatic rings. The van der Waals surface area contributed by atoms with Gasteiger partial charge in [0.25, 0.3) is 0 Å². The first kappa shape index (κ1) is 20.4. The van der Waals surface area contributed by atoms with Crippen LogP contribution in [0.15, 0.2) is 47.6 Å². The third kappa shape index (κ3) is 5.14. The fourth-order valence-corrected chi connectivity index (χ4v) is 3.27. The molecule has 0 bridgehead atoms. The van der Waals surface area contributed by atoms with E-state index in [1.165, 1.54) is 18.7 Å². The van der Waals surface area contributed by atoms with E-state index in [2.05, 4.69) is 20.5 Å². The van der Waals surface area contributed by atoms with E-state index in [0.29, 0.717) is 33.7 Å². The van der Waals surface area contributed by atoms with Crippen molar-refractivity contribution in [1.29, 1.82) is 0 Å². The Morgan fingerprint density at radius 3 is 2.52 bits per heavy atom. The molecule has 0 saturated heterocycles. The molecule has 0 unspecified atom stereocenters. The number of H-pyrrole nitrogens is 1. The van der Waals surface area contributed by atoms with Crippen LogP contribution in [-0.2, 0) is 4.79 Å². The lowest BCUT2D eigenvalue weighted by atomic mass is 10.1. The molecule has 0 fully saturated rings. The second-order valence-corrected chi connectivity index (χ2v) is 6.95. The number of methoxy groups -OCH3 is 2. The molecule has 0 aliphatic carbocycles. The average Bonchev–Trinajstić information content (AvgIpc) is 3.20. The number of aromatic amines is 1. The minimum atomic E-state index is -0.159. The minimum absolute atomic E-state index is 0.0576. The van der Waals surface area contributed by atoms with E-state index in [1.807, 2.05) is 6.07 Å². The lowest BCUT2D eigenvalue weighted by molar-refractivity contribution is -0.114. The van der Waals surface area contributed by atoms with Crippen molar-refractivity contribution in [3.63, 3.8) is 0 Å². The van der Waals surface area contributed by atoms with Crippen LogP contribution in [0.2, 0.25) is 0 Å².